The van der Waals surface area contributed by atoms with Crippen LogP contribution in [0, 0.1) is 10.1 Å². The minimum absolute atomic E-state index is 0.154. The van der Waals surface area contributed by atoms with E-state index in [0.717, 1.165) is 0 Å². The fraction of sp³-hybridized carbons (Fsp3) is 0.667. The van der Waals surface area contributed by atoms with Crippen molar-refractivity contribution in [2.24, 2.45) is 0 Å². The number of sulfone groups is 1. The Morgan fingerprint density at radius 1 is 1.00 bits per heavy atom. The molecule has 2 rings (SSSR count). The fourth-order valence-corrected chi connectivity index (χ4v) is 6.03. The van der Waals surface area contributed by atoms with Gasteiger partial charge < -0.3 is 10.2 Å². The van der Waals surface area contributed by atoms with Crippen molar-refractivity contribution in [3.63, 3.8) is 0 Å². The van der Waals surface area contributed by atoms with E-state index in [1.165, 1.54) is 4.90 Å². The Kier molecular flexibility index (Phi) is 10.5. The van der Waals surface area contributed by atoms with Crippen LogP contribution in [0.4, 0.5) is 24.5 Å². The molecule has 1 fully saturated rings. The van der Waals surface area contributed by atoms with E-state index >= 15 is 0 Å². The molecule has 0 spiro atoms. The average molecular weight is 613 g/mol. The number of hydrogen-bond donors (Lipinski definition) is 1. The Bertz CT molecular complexity index is 1290. The molecule has 20 heteroatoms. The van der Waals surface area contributed by atoms with Gasteiger partial charge in [-0.2, -0.15) is 30.0 Å². The zero-order valence-electron chi connectivity index (χ0n) is 20.3. The molecule has 14 nitrogen and oxygen atoms in total. The summed E-state index contributed by atoms with van der Waals surface area (Å²) < 4.78 is 124. The van der Waals surface area contributed by atoms with E-state index in [9.17, 15) is 48.5 Å². The maximum atomic E-state index is 14.2. The quantitative estimate of drug-likeness (QED) is 0.179. The first-order valence-corrected chi connectivity index (χ1v) is 16.1. The van der Waals surface area contributed by atoms with E-state index in [2.05, 4.69) is 13.7 Å². The SMILES string of the molecule is CS(=O)(=O)OCCN(CCOS(C)(=O)=O)c1c(C(F)(F)F)cc([N+](=O)[O-])cc1S(=O)(=O)CN1CCNCC1. The summed E-state index contributed by atoms with van der Waals surface area (Å²) in [4.78, 5) is 11.4. The van der Waals surface area contributed by atoms with Crippen molar-refractivity contribution in [3.8, 4) is 0 Å². The lowest BCUT2D eigenvalue weighted by Gasteiger charge is -2.31. The molecule has 1 saturated heterocycles. The molecule has 1 N–H and O–H groups in total. The molecule has 0 radical (unpaired) electrons. The first-order chi connectivity index (χ1) is 17.3. The highest BCUT2D eigenvalue weighted by Gasteiger charge is 2.41. The molecular weight excluding hydrogens is 585 g/mol. The van der Waals surface area contributed by atoms with Crippen molar-refractivity contribution in [1.29, 1.82) is 0 Å². The van der Waals surface area contributed by atoms with Crippen LogP contribution in [0.2, 0.25) is 0 Å². The van der Waals surface area contributed by atoms with Crippen molar-refractivity contribution < 1.29 is 51.7 Å². The molecular formula is C18H27F3N4O10S3. The number of piperazine rings is 1. The summed E-state index contributed by atoms with van der Waals surface area (Å²) in [5.74, 6) is -0.756. The lowest BCUT2D eigenvalue weighted by atomic mass is 10.1. The number of alkyl halides is 3. The lowest BCUT2D eigenvalue weighted by molar-refractivity contribution is -0.385. The molecule has 0 saturated carbocycles. The highest BCUT2D eigenvalue weighted by Crippen LogP contribution is 2.43. The van der Waals surface area contributed by atoms with Gasteiger partial charge in [-0.25, -0.2) is 8.42 Å². The third-order valence-corrected chi connectivity index (χ3v) is 7.98. The number of anilines is 1. The summed E-state index contributed by atoms with van der Waals surface area (Å²) in [6, 6.07) is 0.644. The number of non-ortho nitro benzene ring substituents is 1. The second-order valence-electron chi connectivity index (χ2n) is 8.25. The van der Waals surface area contributed by atoms with Gasteiger partial charge in [0, 0.05) is 51.4 Å². The number of hydrogen-bond acceptors (Lipinski definition) is 13. The number of nitrogens with one attached hydrogen (secondary N) is 1. The monoisotopic (exact) mass is 612 g/mol. The van der Waals surface area contributed by atoms with Crippen LogP contribution in [0.15, 0.2) is 17.0 Å². The minimum atomic E-state index is -5.30. The van der Waals surface area contributed by atoms with Gasteiger partial charge in [0.25, 0.3) is 25.9 Å². The number of nitrogens with zero attached hydrogens (tertiary/aromatic N) is 3. The van der Waals surface area contributed by atoms with E-state index in [4.69, 9.17) is 0 Å². The first kappa shape index (κ1) is 32.1. The van der Waals surface area contributed by atoms with Crippen LogP contribution in [0.25, 0.3) is 0 Å². The predicted molar refractivity (Wildman–Crippen MR) is 128 cm³/mol. The standard InChI is InChI=1S/C18H27F3N4O10S3/c1-36(28,29)34-9-7-24(8-10-35-37(2,30)31)17-15(18(19,20)21)11-14(25(26)27)12-16(17)38(32,33)13-23-5-3-22-4-6-23/h11-12,22H,3-10,13H2,1-2H3. The fourth-order valence-electron chi connectivity index (χ4n) is 3.56. The third kappa shape index (κ3) is 9.89. The van der Waals surface area contributed by atoms with Gasteiger partial charge in [-0.1, -0.05) is 0 Å². The Morgan fingerprint density at radius 2 is 1.50 bits per heavy atom. The Balaban J connectivity index is 2.72. The molecule has 38 heavy (non-hydrogen) atoms. The summed E-state index contributed by atoms with van der Waals surface area (Å²) >= 11 is 0. The van der Waals surface area contributed by atoms with Gasteiger partial charge in [-0.3, -0.25) is 23.4 Å². The molecule has 0 aromatic heterocycles. The van der Waals surface area contributed by atoms with Gasteiger partial charge in [0.05, 0.1) is 46.8 Å². The second-order valence-corrected chi connectivity index (χ2v) is 13.5. The number of nitro benzene ring substituents is 1. The van der Waals surface area contributed by atoms with Crippen LogP contribution in [0.3, 0.4) is 0 Å². The third-order valence-electron chi connectivity index (χ3n) is 5.11. The molecule has 0 unspecified atom stereocenters. The van der Waals surface area contributed by atoms with Crippen molar-refractivity contribution in [2.75, 3.05) is 75.8 Å². The topological polar surface area (TPSA) is 183 Å². The molecule has 218 valence electrons. The molecule has 0 atom stereocenters. The van der Waals surface area contributed by atoms with Crippen LogP contribution in [-0.2, 0) is 44.6 Å². The van der Waals surface area contributed by atoms with Crippen LogP contribution in [0.1, 0.15) is 5.56 Å². The maximum absolute atomic E-state index is 14.2. The zero-order valence-corrected chi connectivity index (χ0v) is 22.8. The zero-order chi connectivity index (χ0) is 28.9. The Labute approximate surface area is 218 Å². The highest BCUT2D eigenvalue weighted by molar-refractivity contribution is 7.91. The lowest BCUT2D eigenvalue weighted by Crippen LogP contribution is -2.45. The average Bonchev–Trinajstić information content (AvgIpc) is 2.75. The predicted octanol–water partition coefficient (Wildman–Crippen LogP) is 0.00880. The highest BCUT2D eigenvalue weighted by atomic mass is 32.2. The Hall–Kier alpha value is -2.10. The van der Waals surface area contributed by atoms with E-state index in [1.54, 1.807) is 0 Å². The smallest absolute Gasteiger partial charge is 0.365 e. The van der Waals surface area contributed by atoms with Crippen LogP contribution >= 0.6 is 0 Å². The van der Waals surface area contributed by atoms with Crippen LogP contribution < -0.4 is 10.2 Å². The molecule has 1 aromatic carbocycles. The van der Waals surface area contributed by atoms with Crippen molar-refractivity contribution in [1.82, 2.24) is 10.2 Å². The summed E-state index contributed by atoms with van der Waals surface area (Å²) in [5, 5.41) is 14.4. The van der Waals surface area contributed by atoms with E-state index in [1.807, 2.05) is 0 Å². The molecule has 1 aliphatic heterocycles. The van der Waals surface area contributed by atoms with Gasteiger partial charge in [0.1, 0.15) is 5.88 Å². The molecule has 1 heterocycles. The molecule has 1 aliphatic rings. The maximum Gasteiger partial charge on any atom is 0.418 e. The van der Waals surface area contributed by atoms with Gasteiger partial charge in [-0.15, -0.1) is 0 Å². The van der Waals surface area contributed by atoms with Gasteiger partial charge in [0.2, 0.25) is 0 Å². The summed E-state index contributed by atoms with van der Waals surface area (Å²) in [5.41, 5.74) is -3.85. The van der Waals surface area contributed by atoms with Gasteiger partial charge in [-0.05, 0) is 0 Å². The van der Waals surface area contributed by atoms with Gasteiger partial charge >= 0.3 is 6.18 Å². The molecule has 0 bridgehead atoms. The molecule has 0 amide bonds. The van der Waals surface area contributed by atoms with Crippen molar-refractivity contribution >= 4 is 41.4 Å². The van der Waals surface area contributed by atoms with Crippen molar-refractivity contribution in [3.05, 3.63) is 27.8 Å². The van der Waals surface area contributed by atoms with Crippen molar-refractivity contribution in [2.45, 2.75) is 11.1 Å². The van der Waals surface area contributed by atoms with E-state index in [0.29, 0.717) is 36.6 Å². The van der Waals surface area contributed by atoms with E-state index in [-0.39, 0.29) is 19.2 Å². The Morgan fingerprint density at radius 3 is 1.92 bits per heavy atom. The minimum Gasteiger partial charge on any atom is -0.365 e. The second kappa shape index (κ2) is 12.4. The number of rotatable bonds is 13. The molecule has 0 aliphatic carbocycles. The summed E-state index contributed by atoms with van der Waals surface area (Å²) in [7, 11) is -12.8. The van der Waals surface area contributed by atoms with Crippen LogP contribution in [-0.4, -0.2) is 106 Å². The number of benzene rings is 1. The number of nitro groups is 1. The number of halogens is 3. The van der Waals surface area contributed by atoms with E-state index < -0.39 is 95.2 Å². The summed E-state index contributed by atoms with van der Waals surface area (Å²) in [6.07, 6.45) is -3.94. The van der Waals surface area contributed by atoms with Gasteiger partial charge in [0.15, 0.2) is 9.84 Å². The summed E-state index contributed by atoms with van der Waals surface area (Å²) in [6.45, 7) is -1.54. The van der Waals surface area contributed by atoms with Crippen LogP contribution in [0.5, 0.6) is 0 Å². The normalized spacial score (nSPS) is 15.9. The first-order valence-electron chi connectivity index (χ1n) is 10.8. The molecule has 1 aromatic rings. The largest absolute Gasteiger partial charge is 0.418 e.